The summed E-state index contributed by atoms with van der Waals surface area (Å²) in [7, 11) is 0. The zero-order chi connectivity index (χ0) is 21.3. The molecular formula is C25H20FNO4. The average molecular weight is 417 g/mol. The van der Waals surface area contributed by atoms with Gasteiger partial charge in [-0.2, -0.15) is 0 Å². The molecule has 3 fully saturated rings. The smallest absolute Gasteiger partial charge is 0.238 e. The Morgan fingerprint density at radius 3 is 2.19 bits per heavy atom. The Bertz CT molecular complexity index is 1100. The van der Waals surface area contributed by atoms with Crippen LogP contribution < -0.4 is 9.64 Å². The van der Waals surface area contributed by atoms with E-state index in [0.29, 0.717) is 28.8 Å². The number of para-hydroxylation sites is 2. The predicted octanol–water partition coefficient (Wildman–Crippen LogP) is 3.64. The number of hydrogen-bond donors (Lipinski definition) is 0. The summed E-state index contributed by atoms with van der Waals surface area (Å²) in [4.78, 5) is 40.4. The Balaban J connectivity index is 1.26. The molecule has 6 atom stereocenters. The molecule has 1 aliphatic heterocycles. The second kappa shape index (κ2) is 6.61. The van der Waals surface area contributed by atoms with Gasteiger partial charge in [-0.3, -0.25) is 14.4 Å². The molecule has 0 N–H and O–H groups in total. The Morgan fingerprint density at radius 1 is 0.935 bits per heavy atom. The van der Waals surface area contributed by atoms with Crippen molar-refractivity contribution in [2.24, 2.45) is 35.5 Å². The molecule has 2 aromatic rings. The average Bonchev–Trinajstić information content (AvgIpc) is 3.56. The van der Waals surface area contributed by atoms with Gasteiger partial charge >= 0.3 is 0 Å². The van der Waals surface area contributed by atoms with Gasteiger partial charge in [0.25, 0.3) is 0 Å². The van der Waals surface area contributed by atoms with Crippen LogP contribution in [0.5, 0.6) is 5.75 Å². The van der Waals surface area contributed by atoms with Gasteiger partial charge in [-0.05, 0) is 66.5 Å². The molecule has 0 aromatic heterocycles. The molecule has 6 heteroatoms. The van der Waals surface area contributed by atoms with Crippen LogP contribution in [0.2, 0.25) is 0 Å². The maximum atomic E-state index is 13.4. The number of halogens is 1. The SMILES string of the molecule is O=C(COc1ccccc1N1C(=O)C2C3C=CC(C4CC34)C2C1=O)c1ccc(F)cc1. The highest BCUT2D eigenvalue weighted by Crippen LogP contribution is 2.65. The van der Waals surface area contributed by atoms with E-state index in [1.165, 1.54) is 29.2 Å². The number of Topliss-reactive ketones (excluding diaryl/α,β-unsaturated/α-hetero) is 1. The number of allylic oxidation sites excluding steroid dienone is 2. The highest BCUT2D eigenvalue weighted by atomic mass is 19.1. The van der Waals surface area contributed by atoms with Gasteiger partial charge in [-0.15, -0.1) is 0 Å². The third-order valence-electron chi connectivity index (χ3n) is 7.29. The lowest BCUT2D eigenvalue weighted by Crippen LogP contribution is -2.40. The summed E-state index contributed by atoms with van der Waals surface area (Å²) in [5.41, 5.74) is 0.715. The number of hydrogen-bond acceptors (Lipinski definition) is 4. The van der Waals surface area contributed by atoms with E-state index < -0.39 is 5.82 Å². The summed E-state index contributed by atoms with van der Waals surface area (Å²) in [6.07, 6.45) is 5.39. The largest absolute Gasteiger partial charge is 0.483 e. The van der Waals surface area contributed by atoms with Gasteiger partial charge in [-0.25, -0.2) is 9.29 Å². The van der Waals surface area contributed by atoms with Crippen molar-refractivity contribution < 1.29 is 23.5 Å². The first-order valence-electron chi connectivity index (χ1n) is 10.6. The summed E-state index contributed by atoms with van der Waals surface area (Å²) < 4.78 is 18.8. The van der Waals surface area contributed by atoms with Crippen LogP contribution in [0.15, 0.2) is 60.7 Å². The minimum Gasteiger partial charge on any atom is -0.483 e. The van der Waals surface area contributed by atoms with Crippen molar-refractivity contribution in [3.8, 4) is 5.75 Å². The molecule has 7 rings (SSSR count). The number of imide groups is 1. The lowest BCUT2D eigenvalue weighted by Gasteiger charge is -2.37. The van der Waals surface area contributed by atoms with E-state index in [1.807, 2.05) is 0 Å². The molecule has 4 aliphatic carbocycles. The van der Waals surface area contributed by atoms with Crippen LogP contribution in [0.3, 0.4) is 0 Å². The van der Waals surface area contributed by atoms with Crippen molar-refractivity contribution >= 4 is 23.3 Å². The number of amides is 2. The first kappa shape index (κ1) is 18.5. The summed E-state index contributed by atoms with van der Waals surface area (Å²) >= 11 is 0. The van der Waals surface area contributed by atoms with E-state index >= 15 is 0 Å². The van der Waals surface area contributed by atoms with Crippen molar-refractivity contribution in [2.75, 3.05) is 11.5 Å². The minimum atomic E-state index is -0.420. The molecule has 2 saturated carbocycles. The van der Waals surface area contributed by atoms with Gasteiger partial charge in [0.05, 0.1) is 17.5 Å². The zero-order valence-electron chi connectivity index (χ0n) is 16.6. The molecule has 2 bridgehead atoms. The normalized spacial score (nSPS) is 32.1. The minimum absolute atomic E-state index is 0.148. The first-order chi connectivity index (χ1) is 15.0. The standard InChI is InChI=1S/C25H20FNO4/c26-14-7-5-13(6-8-14)20(28)12-31-21-4-2-1-3-19(21)27-24(29)22-15-9-10-16(18-11-17(15)18)23(22)25(27)30/h1-10,15-18,22-23H,11-12H2. The van der Waals surface area contributed by atoms with Gasteiger partial charge in [0.15, 0.2) is 12.4 Å². The first-order valence-corrected chi connectivity index (χ1v) is 10.6. The predicted molar refractivity (Wildman–Crippen MR) is 110 cm³/mol. The third kappa shape index (κ3) is 2.70. The fourth-order valence-electron chi connectivity index (χ4n) is 5.82. The van der Waals surface area contributed by atoms with Gasteiger partial charge in [0.1, 0.15) is 11.6 Å². The quantitative estimate of drug-likeness (QED) is 0.423. The van der Waals surface area contributed by atoms with E-state index in [1.54, 1.807) is 24.3 Å². The van der Waals surface area contributed by atoms with Crippen LogP contribution in [0.4, 0.5) is 10.1 Å². The third-order valence-corrected chi connectivity index (χ3v) is 7.29. The molecular weight excluding hydrogens is 397 g/mol. The lowest BCUT2D eigenvalue weighted by molar-refractivity contribution is -0.124. The highest BCUT2D eigenvalue weighted by Gasteiger charge is 2.67. The monoisotopic (exact) mass is 417 g/mol. The lowest BCUT2D eigenvalue weighted by atomic mass is 9.63. The van der Waals surface area contributed by atoms with Gasteiger partial charge in [0.2, 0.25) is 11.8 Å². The molecule has 0 spiro atoms. The van der Waals surface area contributed by atoms with Crippen molar-refractivity contribution in [1.82, 2.24) is 0 Å². The molecule has 2 amide bonds. The van der Waals surface area contributed by atoms with E-state index in [4.69, 9.17) is 4.74 Å². The topological polar surface area (TPSA) is 63.7 Å². The number of anilines is 1. The van der Waals surface area contributed by atoms with Crippen LogP contribution >= 0.6 is 0 Å². The number of rotatable bonds is 5. The number of benzene rings is 2. The van der Waals surface area contributed by atoms with Crippen molar-refractivity contribution in [3.63, 3.8) is 0 Å². The number of carbonyl (C=O) groups is 3. The fourth-order valence-corrected chi connectivity index (χ4v) is 5.82. The number of ether oxygens (including phenoxy) is 1. The molecule has 0 radical (unpaired) electrons. The summed E-state index contributed by atoms with van der Waals surface area (Å²) in [5, 5.41) is 0. The molecule has 5 aliphatic rings. The Morgan fingerprint density at radius 2 is 1.55 bits per heavy atom. The fraction of sp³-hybridized carbons (Fsp3) is 0.320. The second-order valence-corrected chi connectivity index (χ2v) is 8.85. The zero-order valence-corrected chi connectivity index (χ0v) is 16.6. The van der Waals surface area contributed by atoms with Crippen LogP contribution in [0.1, 0.15) is 16.8 Å². The Labute approximate surface area is 178 Å². The van der Waals surface area contributed by atoms with E-state index in [-0.39, 0.29) is 47.9 Å². The molecule has 1 heterocycles. The second-order valence-electron chi connectivity index (χ2n) is 8.85. The van der Waals surface area contributed by atoms with Crippen LogP contribution in [0, 0.1) is 41.3 Å². The summed E-state index contributed by atoms with van der Waals surface area (Å²) in [6, 6.07) is 12.1. The highest BCUT2D eigenvalue weighted by molar-refractivity contribution is 6.23. The van der Waals surface area contributed by atoms with Crippen LogP contribution in [0.25, 0.3) is 0 Å². The molecule has 5 nitrogen and oxygen atoms in total. The van der Waals surface area contributed by atoms with Gasteiger partial charge in [-0.1, -0.05) is 24.3 Å². The summed E-state index contributed by atoms with van der Waals surface area (Å²) in [6.45, 7) is -0.275. The molecule has 156 valence electrons. The van der Waals surface area contributed by atoms with Crippen molar-refractivity contribution in [3.05, 3.63) is 72.1 Å². The van der Waals surface area contributed by atoms with E-state index in [9.17, 15) is 18.8 Å². The number of carbonyl (C=O) groups excluding carboxylic acids is 3. The van der Waals surface area contributed by atoms with E-state index in [0.717, 1.165) is 6.42 Å². The van der Waals surface area contributed by atoms with Crippen LogP contribution in [-0.4, -0.2) is 24.2 Å². The van der Waals surface area contributed by atoms with E-state index in [2.05, 4.69) is 12.2 Å². The number of ketones is 1. The molecule has 1 saturated heterocycles. The van der Waals surface area contributed by atoms with Crippen molar-refractivity contribution in [2.45, 2.75) is 6.42 Å². The Kier molecular flexibility index (Phi) is 3.94. The molecule has 2 aromatic carbocycles. The Hall–Kier alpha value is -3.28. The van der Waals surface area contributed by atoms with Crippen LogP contribution in [-0.2, 0) is 9.59 Å². The maximum Gasteiger partial charge on any atom is 0.238 e. The van der Waals surface area contributed by atoms with Crippen molar-refractivity contribution in [1.29, 1.82) is 0 Å². The number of nitrogens with zero attached hydrogens (tertiary/aromatic N) is 1. The molecule has 31 heavy (non-hydrogen) atoms. The van der Waals surface area contributed by atoms with Gasteiger partial charge in [0, 0.05) is 5.56 Å². The molecule has 6 unspecified atom stereocenters. The van der Waals surface area contributed by atoms with Gasteiger partial charge < -0.3 is 4.74 Å². The summed E-state index contributed by atoms with van der Waals surface area (Å²) in [5.74, 6) is 0.0244. The maximum absolute atomic E-state index is 13.4.